The number of ether oxygens (including phenoxy) is 1. The Balaban J connectivity index is 2.46. The Labute approximate surface area is 86.6 Å². The van der Waals surface area contributed by atoms with Gasteiger partial charge in [-0.2, -0.15) is 0 Å². The van der Waals surface area contributed by atoms with E-state index in [1.807, 2.05) is 0 Å². The molecule has 0 saturated heterocycles. The van der Waals surface area contributed by atoms with Crippen LogP contribution in [0.3, 0.4) is 0 Å². The predicted octanol–water partition coefficient (Wildman–Crippen LogP) is 2.29. The number of methoxy groups -OCH3 is 1. The van der Waals surface area contributed by atoms with Crippen LogP contribution in [0.2, 0.25) is 0 Å². The molecule has 0 bridgehead atoms. The van der Waals surface area contributed by atoms with E-state index >= 15 is 0 Å². The number of halogens is 1. The van der Waals surface area contributed by atoms with Crippen molar-refractivity contribution in [2.24, 2.45) is 0 Å². The summed E-state index contributed by atoms with van der Waals surface area (Å²) in [6.45, 7) is 0. The average molecular weight is 204 g/mol. The summed E-state index contributed by atoms with van der Waals surface area (Å²) in [6.07, 6.45) is 2.96. The first-order chi connectivity index (χ1) is 7.31. The maximum Gasteiger partial charge on any atom is 0.136 e. The third kappa shape index (κ3) is 1.93. The third-order valence-electron chi connectivity index (χ3n) is 2.03. The van der Waals surface area contributed by atoms with E-state index in [1.54, 1.807) is 24.4 Å². The van der Waals surface area contributed by atoms with Gasteiger partial charge in [-0.3, -0.25) is 0 Å². The van der Waals surface area contributed by atoms with Crippen molar-refractivity contribution in [1.29, 1.82) is 0 Å². The van der Waals surface area contributed by atoms with Gasteiger partial charge in [-0.15, -0.1) is 0 Å². The summed E-state index contributed by atoms with van der Waals surface area (Å²) >= 11 is 0. The summed E-state index contributed by atoms with van der Waals surface area (Å²) in [5, 5.41) is 0. The first-order valence-electron chi connectivity index (χ1n) is 4.41. The fourth-order valence-electron chi connectivity index (χ4n) is 1.28. The fraction of sp³-hybridized carbons (Fsp3) is 0.0909. The molecule has 0 aliphatic carbocycles. The van der Waals surface area contributed by atoms with E-state index in [0.29, 0.717) is 17.0 Å². The molecule has 0 spiro atoms. The number of aromatic nitrogens is 2. The van der Waals surface area contributed by atoms with Gasteiger partial charge in [0, 0.05) is 17.8 Å². The van der Waals surface area contributed by atoms with Crippen LogP contribution < -0.4 is 4.74 Å². The number of hydrogen-bond acceptors (Lipinski definition) is 3. The zero-order valence-electron chi connectivity index (χ0n) is 8.14. The molecule has 2 aromatic rings. The van der Waals surface area contributed by atoms with Crippen LogP contribution in [0.15, 0.2) is 36.8 Å². The van der Waals surface area contributed by atoms with Crippen molar-refractivity contribution in [2.75, 3.05) is 7.11 Å². The Morgan fingerprint density at radius 3 is 2.73 bits per heavy atom. The van der Waals surface area contributed by atoms with E-state index in [0.717, 1.165) is 0 Å². The lowest BCUT2D eigenvalue weighted by Crippen LogP contribution is -1.90. The van der Waals surface area contributed by atoms with Crippen LogP contribution in [-0.2, 0) is 0 Å². The van der Waals surface area contributed by atoms with Gasteiger partial charge in [0.2, 0.25) is 0 Å². The minimum Gasteiger partial charge on any atom is -0.497 e. The quantitative estimate of drug-likeness (QED) is 0.752. The standard InChI is InChI=1S/C11H9FN2O/c1-15-8-2-3-9(10(12)6-8)11-4-5-13-7-14-11/h2-7H,1H3. The molecule has 0 saturated carbocycles. The molecule has 0 unspecified atom stereocenters. The second-order valence-electron chi connectivity index (χ2n) is 2.94. The van der Waals surface area contributed by atoms with Gasteiger partial charge in [-0.25, -0.2) is 14.4 Å². The zero-order chi connectivity index (χ0) is 10.7. The zero-order valence-corrected chi connectivity index (χ0v) is 8.14. The van der Waals surface area contributed by atoms with Gasteiger partial charge < -0.3 is 4.74 Å². The van der Waals surface area contributed by atoms with Crippen LogP contribution in [-0.4, -0.2) is 17.1 Å². The SMILES string of the molecule is COc1ccc(-c2ccncn2)c(F)c1. The molecule has 15 heavy (non-hydrogen) atoms. The van der Waals surface area contributed by atoms with Crippen molar-refractivity contribution in [2.45, 2.75) is 0 Å². The summed E-state index contributed by atoms with van der Waals surface area (Å²) in [6, 6.07) is 6.32. The van der Waals surface area contributed by atoms with Gasteiger partial charge in [0.1, 0.15) is 17.9 Å². The smallest absolute Gasteiger partial charge is 0.136 e. The van der Waals surface area contributed by atoms with Crippen molar-refractivity contribution in [3.8, 4) is 17.0 Å². The van der Waals surface area contributed by atoms with Crippen molar-refractivity contribution in [3.05, 3.63) is 42.6 Å². The molecule has 0 fully saturated rings. The fourth-order valence-corrected chi connectivity index (χ4v) is 1.28. The summed E-state index contributed by atoms with van der Waals surface area (Å²) in [5.41, 5.74) is 1.00. The molecule has 3 nitrogen and oxygen atoms in total. The highest BCUT2D eigenvalue weighted by molar-refractivity contribution is 5.60. The highest BCUT2D eigenvalue weighted by atomic mass is 19.1. The van der Waals surface area contributed by atoms with Gasteiger partial charge in [-0.1, -0.05) is 0 Å². The lowest BCUT2D eigenvalue weighted by molar-refractivity contribution is 0.411. The van der Waals surface area contributed by atoms with E-state index < -0.39 is 0 Å². The van der Waals surface area contributed by atoms with E-state index in [9.17, 15) is 4.39 Å². The molecule has 76 valence electrons. The monoisotopic (exact) mass is 204 g/mol. The molecule has 0 radical (unpaired) electrons. The molecule has 1 aromatic carbocycles. The summed E-state index contributed by atoms with van der Waals surface area (Å²) in [5.74, 6) is 0.137. The molecule has 2 rings (SSSR count). The molecule has 4 heteroatoms. The minimum absolute atomic E-state index is 0.354. The van der Waals surface area contributed by atoms with Gasteiger partial charge in [-0.05, 0) is 18.2 Å². The maximum atomic E-state index is 13.6. The molecule has 1 aromatic heterocycles. The van der Waals surface area contributed by atoms with E-state index in [-0.39, 0.29) is 5.82 Å². The number of hydrogen-bond donors (Lipinski definition) is 0. The van der Waals surface area contributed by atoms with Gasteiger partial charge in [0.25, 0.3) is 0 Å². The summed E-state index contributed by atoms with van der Waals surface area (Å²) in [4.78, 5) is 7.75. The summed E-state index contributed by atoms with van der Waals surface area (Å²) < 4.78 is 18.5. The molecule has 0 atom stereocenters. The Morgan fingerprint density at radius 2 is 2.13 bits per heavy atom. The van der Waals surface area contributed by atoms with E-state index in [4.69, 9.17) is 4.74 Å². The number of benzene rings is 1. The number of nitrogens with zero attached hydrogens (tertiary/aromatic N) is 2. The molecule has 0 N–H and O–H groups in total. The predicted molar refractivity (Wildman–Crippen MR) is 54.0 cm³/mol. The lowest BCUT2D eigenvalue weighted by Gasteiger charge is -2.04. The third-order valence-corrected chi connectivity index (χ3v) is 2.03. The minimum atomic E-state index is -0.354. The Hall–Kier alpha value is -1.97. The summed E-state index contributed by atoms with van der Waals surface area (Å²) in [7, 11) is 1.50. The van der Waals surface area contributed by atoms with Crippen LogP contribution in [0.5, 0.6) is 5.75 Å². The van der Waals surface area contributed by atoms with Crippen molar-refractivity contribution in [1.82, 2.24) is 9.97 Å². The average Bonchev–Trinajstić information content (AvgIpc) is 2.30. The van der Waals surface area contributed by atoms with Crippen LogP contribution >= 0.6 is 0 Å². The second kappa shape index (κ2) is 4.04. The van der Waals surface area contributed by atoms with Crippen LogP contribution in [0, 0.1) is 5.82 Å². The lowest BCUT2D eigenvalue weighted by atomic mass is 10.1. The van der Waals surface area contributed by atoms with Crippen LogP contribution in [0.25, 0.3) is 11.3 Å². The highest BCUT2D eigenvalue weighted by Crippen LogP contribution is 2.23. The molecule has 1 heterocycles. The first kappa shape index (κ1) is 9.58. The molecule has 0 aliphatic heterocycles. The largest absolute Gasteiger partial charge is 0.497 e. The van der Waals surface area contributed by atoms with Gasteiger partial charge in [0.05, 0.1) is 12.8 Å². The van der Waals surface area contributed by atoms with Gasteiger partial charge >= 0.3 is 0 Å². The van der Waals surface area contributed by atoms with Crippen LogP contribution in [0.1, 0.15) is 0 Å². The number of rotatable bonds is 2. The molecular weight excluding hydrogens is 195 g/mol. The van der Waals surface area contributed by atoms with Crippen LogP contribution in [0.4, 0.5) is 4.39 Å². The van der Waals surface area contributed by atoms with Crippen molar-refractivity contribution >= 4 is 0 Å². The van der Waals surface area contributed by atoms with E-state index in [1.165, 1.54) is 19.5 Å². The van der Waals surface area contributed by atoms with Crippen molar-refractivity contribution < 1.29 is 9.13 Å². The maximum absolute atomic E-state index is 13.6. The first-order valence-corrected chi connectivity index (χ1v) is 4.41. The Morgan fingerprint density at radius 1 is 1.27 bits per heavy atom. The normalized spacial score (nSPS) is 10.0. The Bertz CT molecular complexity index is 459. The van der Waals surface area contributed by atoms with Crippen molar-refractivity contribution in [3.63, 3.8) is 0 Å². The molecular formula is C11H9FN2O. The Kier molecular flexibility index (Phi) is 2.58. The molecule has 0 amide bonds. The molecule has 0 aliphatic rings. The van der Waals surface area contributed by atoms with Gasteiger partial charge in [0.15, 0.2) is 0 Å². The topological polar surface area (TPSA) is 35.0 Å². The highest BCUT2D eigenvalue weighted by Gasteiger charge is 2.06. The second-order valence-corrected chi connectivity index (χ2v) is 2.94. The van der Waals surface area contributed by atoms with E-state index in [2.05, 4.69) is 9.97 Å².